The first-order valence-corrected chi connectivity index (χ1v) is 11.1. The second-order valence-electron chi connectivity index (χ2n) is 7.52. The van der Waals surface area contributed by atoms with Crippen molar-refractivity contribution in [2.75, 3.05) is 12.3 Å². The zero-order valence-electron chi connectivity index (χ0n) is 18.1. The summed E-state index contributed by atoms with van der Waals surface area (Å²) in [5.74, 6) is 0.897. The van der Waals surface area contributed by atoms with E-state index in [0.717, 1.165) is 27.2 Å². The van der Waals surface area contributed by atoms with Crippen LogP contribution < -0.4 is 11.1 Å². The summed E-state index contributed by atoms with van der Waals surface area (Å²) in [6, 6.07) is 11.6. The van der Waals surface area contributed by atoms with E-state index >= 15 is 0 Å². The van der Waals surface area contributed by atoms with E-state index in [-0.39, 0.29) is 5.91 Å². The molecule has 1 aromatic carbocycles. The van der Waals surface area contributed by atoms with E-state index in [0.29, 0.717) is 47.2 Å². The third-order valence-corrected chi connectivity index (χ3v) is 6.46. The molecule has 0 aliphatic carbocycles. The first-order valence-electron chi connectivity index (χ1n) is 10.3. The predicted molar refractivity (Wildman–Crippen MR) is 125 cm³/mol. The second-order valence-corrected chi connectivity index (χ2v) is 8.52. The molecule has 0 radical (unpaired) electrons. The SMILES string of the molecule is Cc1nc(C)c2c(C)c(C(=O)NCCCc3nn(-c4ccccc4)c(N)c3C#N)sc2n1. The third kappa shape index (κ3) is 3.92. The van der Waals surface area contributed by atoms with E-state index in [2.05, 4.69) is 26.5 Å². The van der Waals surface area contributed by atoms with Crippen LogP contribution in [0.25, 0.3) is 15.9 Å². The van der Waals surface area contributed by atoms with E-state index in [4.69, 9.17) is 5.73 Å². The first-order chi connectivity index (χ1) is 15.4. The van der Waals surface area contributed by atoms with Gasteiger partial charge in [-0.25, -0.2) is 14.6 Å². The number of amides is 1. The highest BCUT2D eigenvalue weighted by Crippen LogP contribution is 2.31. The van der Waals surface area contributed by atoms with Crippen molar-refractivity contribution in [3.63, 3.8) is 0 Å². The van der Waals surface area contributed by atoms with Crippen molar-refractivity contribution in [3.8, 4) is 11.8 Å². The van der Waals surface area contributed by atoms with Crippen molar-refractivity contribution in [2.24, 2.45) is 0 Å². The fraction of sp³-hybridized carbons (Fsp3) is 0.261. The molecule has 0 atom stereocenters. The van der Waals surface area contributed by atoms with Crippen molar-refractivity contribution >= 4 is 33.3 Å². The Morgan fingerprint density at radius 1 is 1.22 bits per heavy atom. The number of rotatable bonds is 6. The lowest BCUT2D eigenvalue weighted by molar-refractivity contribution is 0.0957. The summed E-state index contributed by atoms with van der Waals surface area (Å²) >= 11 is 1.39. The van der Waals surface area contributed by atoms with E-state index in [9.17, 15) is 10.1 Å². The van der Waals surface area contributed by atoms with Crippen molar-refractivity contribution in [1.82, 2.24) is 25.1 Å². The highest BCUT2D eigenvalue weighted by atomic mass is 32.1. The number of carbonyl (C=O) groups excluding carboxylic acids is 1. The summed E-state index contributed by atoms with van der Waals surface area (Å²) in [5.41, 5.74) is 9.75. The summed E-state index contributed by atoms with van der Waals surface area (Å²) in [4.78, 5) is 23.1. The number of nitrogen functional groups attached to an aromatic ring is 1. The maximum atomic E-state index is 12.8. The highest BCUT2D eigenvalue weighted by molar-refractivity contribution is 7.20. The van der Waals surface area contributed by atoms with Gasteiger partial charge in [0.25, 0.3) is 5.91 Å². The van der Waals surface area contributed by atoms with Gasteiger partial charge in [-0.1, -0.05) is 18.2 Å². The summed E-state index contributed by atoms with van der Waals surface area (Å²) in [5, 5.41) is 18.0. The van der Waals surface area contributed by atoms with Crippen molar-refractivity contribution in [2.45, 2.75) is 33.6 Å². The maximum Gasteiger partial charge on any atom is 0.261 e. The van der Waals surface area contributed by atoms with Crippen molar-refractivity contribution < 1.29 is 4.79 Å². The average molecular weight is 446 g/mol. The van der Waals surface area contributed by atoms with Gasteiger partial charge in [0.1, 0.15) is 28.1 Å². The maximum absolute atomic E-state index is 12.8. The van der Waals surface area contributed by atoms with Gasteiger partial charge < -0.3 is 11.1 Å². The van der Waals surface area contributed by atoms with Crippen LogP contribution in [0.15, 0.2) is 30.3 Å². The Morgan fingerprint density at radius 3 is 2.69 bits per heavy atom. The molecule has 3 heterocycles. The van der Waals surface area contributed by atoms with Crippen LogP contribution >= 0.6 is 11.3 Å². The fourth-order valence-corrected chi connectivity index (χ4v) is 4.96. The molecule has 1 amide bonds. The Morgan fingerprint density at radius 2 is 1.97 bits per heavy atom. The number of hydrogen-bond donors (Lipinski definition) is 2. The second kappa shape index (κ2) is 8.77. The molecule has 4 aromatic rings. The number of fused-ring (bicyclic) bond motifs is 1. The van der Waals surface area contributed by atoms with Crippen LogP contribution in [0, 0.1) is 32.1 Å². The van der Waals surface area contributed by atoms with E-state index in [1.807, 2.05) is 51.1 Å². The topological polar surface area (TPSA) is 123 Å². The molecule has 162 valence electrons. The number of hydrogen-bond acceptors (Lipinski definition) is 7. The molecular weight excluding hydrogens is 422 g/mol. The molecular formula is C23H23N7OS. The number of carbonyl (C=O) groups is 1. The molecule has 3 N–H and O–H groups in total. The molecule has 8 nitrogen and oxygen atoms in total. The number of nitrogens with one attached hydrogen (secondary N) is 1. The third-order valence-electron chi connectivity index (χ3n) is 5.27. The van der Waals surface area contributed by atoms with Crippen molar-refractivity contribution in [1.29, 1.82) is 5.26 Å². The number of anilines is 1. The van der Waals surface area contributed by atoms with Crippen LogP contribution in [0.2, 0.25) is 0 Å². The number of thiophene rings is 1. The number of para-hydroxylation sites is 1. The Balaban J connectivity index is 1.43. The van der Waals surface area contributed by atoms with Gasteiger partial charge in [0.05, 0.1) is 16.3 Å². The summed E-state index contributed by atoms with van der Waals surface area (Å²) in [7, 11) is 0. The number of aromatic nitrogens is 4. The van der Waals surface area contributed by atoms with E-state index in [1.165, 1.54) is 11.3 Å². The van der Waals surface area contributed by atoms with Gasteiger partial charge in [0, 0.05) is 17.6 Å². The first kappa shape index (κ1) is 21.5. The number of nitrogens with zero attached hydrogens (tertiary/aromatic N) is 5. The summed E-state index contributed by atoms with van der Waals surface area (Å²) in [6.45, 7) is 6.17. The largest absolute Gasteiger partial charge is 0.382 e. The molecule has 0 unspecified atom stereocenters. The Bertz CT molecular complexity index is 1350. The molecule has 32 heavy (non-hydrogen) atoms. The normalized spacial score (nSPS) is 10.9. The van der Waals surface area contributed by atoms with Gasteiger partial charge in [-0.2, -0.15) is 10.4 Å². The smallest absolute Gasteiger partial charge is 0.261 e. The number of nitriles is 1. The lowest BCUT2D eigenvalue weighted by Crippen LogP contribution is -2.24. The molecule has 4 rings (SSSR count). The van der Waals surface area contributed by atoms with E-state index < -0.39 is 0 Å². The fourth-order valence-electron chi connectivity index (χ4n) is 3.77. The molecule has 3 aromatic heterocycles. The van der Waals surface area contributed by atoms with Crippen LogP contribution in [0.1, 0.15) is 44.4 Å². The Labute approximate surface area is 189 Å². The van der Waals surface area contributed by atoms with Gasteiger partial charge >= 0.3 is 0 Å². The van der Waals surface area contributed by atoms with Crippen LogP contribution in [-0.4, -0.2) is 32.2 Å². The van der Waals surface area contributed by atoms with Gasteiger partial charge in [-0.3, -0.25) is 4.79 Å². The zero-order chi connectivity index (χ0) is 22.8. The molecule has 0 bridgehead atoms. The van der Waals surface area contributed by atoms with Gasteiger partial charge in [0.15, 0.2) is 0 Å². The predicted octanol–water partition coefficient (Wildman–Crippen LogP) is 3.62. The molecule has 0 saturated carbocycles. The van der Waals surface area contributed by atoms with Crippen LogP contribution in [-0.2, 0) is 6.42 Å². The average Bonchev–Trinajstić information content (AvgIpc) is 3.28. The van der Waals surface area contributed by atoms with Crippen LogP contribution in [0.5, 0.6) is 0 Å². The summed E-state index contributed by atoms with van der Waals surface area (Å²) in [6.07, 6.45) is 1.16. The number of benzene rings is 1. The van der Waals surface area contributed by atoms with Gasteiger partial charge in [-0.15, -0.1) is 11.3 Å². The number of aryl methyl sites for hydroxylation is 4. The minimum atomic E-state index is -0.127. The zero-order valence-corrected chi connectivity index (χ0v) is 19.0. The Hall–Kier alpha value is -3.77. The molecule has 0 aliphatic rings. The van der Waals surface area contributed by atoms with Crippen LogP contribution in [0.3, 0.4) is 0 Å². The lowest BCUT2D eigenvalue weighted by Gasteiger charge is -2.04. The standard InChI is InChI=1S/C23H23N7OS/c1-13-19-14(2)27-15(3)28-23(19)32-20(13)22(31)26-11-7-10-18-17(12-24)21(25)30(29-18)16-8-5-4-6-9-16/h4-6,8-9H,7,10-11,25H2,1-3H3,(H,26,31). The highest BCUT2D eigenvalue weighted by Gasteiger charge is 2.19. The molecule has 0 saturated heterocycles. The van der Waals surface area contributed by atoms with Gasteiger partial charge in [0.2, 0.25) is 0 Å². The van der Waals surface area contributed by atoms with Gasteiger partial charge in [-0.05, 0) is 51.3 Å². The number of nitrogens with two attached hydrogens (primary N) is 1. The Kier molecular flexibility index (Phi) is 5.88. The van der Waals surface area contributed by atoms with Crippen LogP contribution in [0.4, 0.5) is 5.82 Å². The quantitative estimate of drug-likeness (QED) is 0.437. The monoisotopic (exact) mass is 445 g/mol. The minimum absolute atomic E-state index is 0.127. The van der Waals surface area contributed by atoms with Crippen molar-refractivity contribution in [3.05, 3.63) is 63.5 Å². The molecule has 0 aliphatic heterocycles. The summed E-state index contributed by atoms with van der Waals surface area (Å²) < 4.78 is 1.58. The molecule has 0 spiro atoms. The van der Waals surface area contributed by atoms with E-state index in [1.54, 1.807) is 4.68 Å². The minimum Gasteiger partial charge on any atom is -0.382 e. The molecule has 0 fully saturated rings. The molecule has 9 heteroatoms. The lowest BCUT2D eigenvalue weighted by atomic mass is 10.1.